The van der Waals surface area contributed by atoms with Crippen molar-refractivity contribution in [1.29, 1.82) is 5.26 Å². The zero-order chi connectivity index (χ0) is 12.6. The van der Waals surface area contributed by atoms with Crippen LogP contribution in [0.4, 0.5) is 0 Å². The van der Waals surface area contributed by atoms with Crippen LogP contribution in [0.1, 0.15) is 6.42 Å². The van der Waals surface area contributed by atoms with Crippen molar-refractivity contribution in [3.63, 3.8) is 0 Å². The number of rotatable bonds is 7. The lowest BCUT2D eigenvalue weighted by molar-refractivity contribution is -0.138. The van der Waals surface area contributed by atoms with E-state index in [9.17, 15) is 9.36 Å². The summed E-state index contributed by atoms with van der Waals surface area (Å²) in [6, 6.07) is 1.53. The topological polar surface area (TPSA) is 106 Å². The molecule has 0 rings (SSSR count). The molecule has 0 aromatic heterocycles. The van der Waals surface area contributed by atoms with Crippen molar-refractivity contribution >= 4 is 13.8 Å². The zero-order valence-corrected chi connectivity index (χ0v) is 9.61. The van der Waals surface area contributed by atoms with Gasteiger partial charge in [-0.1, -0.05) is 6.58 Å². The molecule has 1 unspecified atom stereocenters. The largest absolute Gasteiger partial charge is 0.471 e. The Bertz CT molecular complexity index is 347. The van der Waals surface area contributed by atoms with Crippen LogP contribution in [0.25, 0.3) is 0 Å². The van der Waals surface area contributed by atoms with Crippen molar-refractivity contribution in [3.8, 4) is 6.07 Å². The Morgan fingerprint density at radius 2 is 2.19 bits per heavy atom. The quantitative estimate of drug-likeness (QED) is 0.233. The van der Waals surface area contributed by atoms with E-state index in [4.69, 9.17) is 10.2 Å². The fourth-order valence-electron chi connectivity index (χ4n) is 0.589. The van der Waals surface area contributed by atoms with Crippen molar-refractivity contribution in [2.45, 2.75) is 6.42 Å². The van der Waals surface area contributed by atoms with Gasteiger partial charge in [-0.25, -0.2) is 9.36 Å². The maximum atomic E-state index is 10.9. The summed E-state index contributed by atoms with van der Waals surface area (Å²) in [5, 5.41) is 8.28. The van der Waals surface area contributed by atoms with Gasteiger partial charge in [-0.05, 0) is 0 Å². The summed E-state index contributed by atoms with van der Waals surface area (Å²) in [6.45, 7) is 3.01. The van der Waals surface area contributed by atoms with Gasteiger partial charge in [0.1, 0.15) is 11.6 Å². The molecule has 1 N–H and O–H groups in total. The van der Waals surface area contributed by atoms with E-state index < -0.39 is 13.8 Å². The predicted molar refractivity (Wildman–Crippen MR) is 53.1 cm³/mol. The smallest absolute Gasteiger partial charge is 0.461 e. The van der Waals surface area contributed by atoms with Gasteiger partial charge >= 0.3 is 13.8 Å². The summed E-state index contributed by atoms with van der Waals surface area (Å²) >= 11 is 0. The maximum absolute atomic E-state index is 10.9. The maximum Gasteiger partial charge on any atom is 0.471 e. The molecule has 8 heteroatoms. The molecule has 0 fully saturated rings. The number of esters is 1. The van der Waals surface area contributed by atoms with Crippen molar-refractivity contribution in [3.05, 3.63) is 12.2 Å². The molecule has 0 aromatic rings. The number of phosphoric acid groups is 1. The summed E-state index contributed by atoms with van der Waals surface area (Å²) in [4.78, 5) is 19.7. The molecule has 0 radical (unpaired) electrons. The van der Waals surface area contributed by atoms with Gasteiger partial charge in [0.25, 0.3) is 0 Å². The third kappa shape index (κ3) is 6.32. The molecule has 0 amide bonds. The van der Waals surface area contributed by atoms with Crippen molar-refractivity contribution in [1.82, 2.24) is 0 Å². The summed E-state index contributed by atoms with van der Waals surface area (Å²) in [5.74, 6) is -0.818. The number of carbonyl (C=O) groups is 1. The van der Waals surface area contributed by atoms with Crippen molar-refractivity contribution < 1.29 is 28.0 Å². The molecule has 0 heterocycles. The van der Waals surface area contributed by atoms with Crippen LogP contribution in [0.2, 0.25) is 0 Å². The molecule has 0 saturated carbocycles. The van der Waals surface area contributed by atoms with Crippen LogP contribution in [0.3, 0.4) is 0 Å². The van der Waals surface area contributed by atoms with Gasteiger partial charge in [0.2, 0.25) is 0 Å². The summed E-state index contributed by atoms with van der Waals surface area (Å²) < 4.78 is 24.0. The van der Waals surface area contributed by atoms with E-state index in [0.717, 1.165) is 7.11 Å². The Hall–Kier alpha value is -1.19. The van der Waals surface area contributed by atoms with Gasteiger partial charge in [0.15, 0.2) is 0 Å². The lowest BCUT2D eigenvalue weighted by Crippen LogP contribution is -2.08. The fourth-order valence-corrected chi connectivity index (χ4v) is 1.05. The lowest BCUT2D eigenvalue weighted by atomic mass is 10.3. The van der Waals surface area contributed by atoms with E-state index >= 15 is 0 Å². The van der Waals surface area contributed by atoms with Gasteiger partial charge in [-0.2, -0.15) is 5.26 Å². The Balaban J connectivity index is 3.64. The van der Waals surface area contributed by atoms with E-state index in [1.54, 1.807) is 0 Å². The van der Waals surface area contributed by atoms with Gasteiger partial charge in [0, 0.05) is 13.5 Å². The first kappa shape index (κ1) is 14.8. The Kier molecular flexibility index (Phi) is 6.61. The number of nitriles is 1. The third-order valence-electron chi connectivity index (χ3n) is 1.39. The molecule has 0 aliphatic carbocycles. The van der Waals surface area contributed by atoms with Crippen molar-refractivity contribution in [2.75, 3.05) is 20.3 Å². The molecule has 0 saturated heterocycles. The van der Waals surface area contributed by atoms with E-state index in [-0.39, 0.29) is 25.2 Å². The second-order valence-corrected chi connectivity index (χ2v) is 4.12. The summed E-state index contributed by atoms with van der Waals surface area (Å²) in [7, 11) is -2.93. The lowest BCUT2D eigenvalue weighted by Gasteiger charge is -2.08. The van der Waals surface area contributed by atoms with Crippen LogP contribution in [-0.4, -0.2) is 31.2 Å². The van der Waals surface area contributed by atoms with E-state index in [1.807, 2.05) is 0 Å². The Morgan fingerprint density at radius 3 is 2.69 bits per heavy atom. The average molecular weight is 249 g/mol. The number of carbonyl (C=O) groups excluding carboxylic acids is 1. The first-order valence-corrected chi connectivity index (χ1v) is 5.71. The minimum Gasteiger partial charge on any atom is -0.461 e. The minimum atomic E-state index is -3.97. The van der Waals surface area contributed by atoms with Crippen LogP contribution < -0.4 is 0 Å². The van der Waals surface area contributed by atoms with Crippen LogP contribution in [0.15, 0.2) is 12.2 Å². The van der Waals surface area contributed by atoms with Crippen LogP contribution in [0.5, 0.6) is 0 Å². The molecule has 0 aliphatic heterocycles. The highest BCUT2D eigenvalue weighted by Crippen LogP contribution is 2.41. The van der Waals surface area contributed by atoms with Gasteiger partial charge < -0.3 is 9.63 Å². The Morgan fingerprint density at radius 1 is 1.56 bits per heavy atom. The van der Waals surface area contributed by atoms with Crippen LogP contribution in [-0.2, 0) is 23.1 Å². The standard InChI is InChI=1S/C8H12NO6P/c1-7(6-9)8(10)14-4-3-5-15-16(11,12)13-2/h1,3-5H2,2H3,(H,11,12). The van der Waals surface area contributed by atoms with E-state index in [2.05, 4.69) is 20.4 Å². The molecule has 0 bridgehead atoms. The zero-order valence-electron chi connectivity index (χ0n) is 8.71. The molecule has 1 atom stereocenters. The SMILES string of the molecule is C=C(C#N)C(=O)OCCCOP(=O)(O)OC. The number of hydrogen-bond acceptors (Lipinski definition) is 6. The third-order valence-corrected chi connectivity index (χ3v) is 2.36. The first-order chi connectivity index (χ1) is 7.43. The number of ether oxygens (including phenoxy) is 1. The predicted octanol–water partition coefficient (Wildman–Crippen LogP) is 0.763. The van der Waals surface area contributed by atoms with E-state index in [1.165, 1.54) is 6.07 Å². The van der Waals surface area contributed by atoms with Gasteiger partial charge in [0.05, 0.1) is 13.2 Å². The molecule has 0 spiro atoms. The second kappa shape index (κ2) is 7.14. The van der Waals surface area contributed by atoms with E-state index in [0.29, 0.717) is 0 Å². The van der Waals surface area contributed by atoms with Gasteiger partial charge in [-0.3, -0.25) is 9.05 Å². The highest BCUT2D eigenvalue weighted by Gasteiger charge is 2.17. The molecule has 16 heavy (non-hydrogen) atoms. The van der Waals surface area contributed by atoms with Crippen LogP contribution in [0, 0.1) is 11.3 Å². The normalized spacial score (nSPS) is 13.6. The monoisotopic (exact) mass is 249 g/mol. The minimum absolute atomic E-state index is 0.0384. The van der Waals surface area contributed by atoms with Gasteiger partial charge in [-0.15, -0.1) is 0 Å². The first-order valence-electron chi connectivity index (χ1n) is 4.22. The Labute approximate surface area is 92.8 Å². The number of phosphoric ester groups is 1. The van der Waals surface area contributed by atoms with Crippen molar-refractivity contribution in [2.24, 2.45) is 0 Å². The molecular formula is C8H12NO6P. The highest BCUT2D eigenvalue weighted by atomic mass is 31.2. The average Bonchev–Trinajstić information content (AvgIpc) is 2.27. The molecule has 7 nitrogen and oxygen atoms in total. The molecular weight excluding hydrogens is 237 g/mol. The second-order valence-electron chi connectivity index (χ2n) is 2.56. The van der Waals surface area contributed by atoms with Crippen LogP contribution >= 0.6 is 7.82 Å². The summed E-state index contributed by atoms with van der Waals surface area (Å²) in [5.41, 5.74) is -0.300. The number of hydrogen-bond donors (Lipinski definition) is 1. The molecule has 90 valence electrons. The number of nitrogens with zero attached hydrogens (tertiary/aromatic N) is 1. The fraction of sp³-hybridized carbons (Fsp3) is 0.500. The molecule has 0 aromatic carbocycles. The highest BCUT2D eigenvalue weighted by molar-refractivity contribution is 7.47. The summed E-state index contributed by atoms with van der Waals surface area (Å²) in [6.07, 6.45) is 0.207. The molecule has 0 aliphatic rings.